The molecule has 3 nitrogen and oxygen atoms in total. The van der Waals surface area contributed by atoms with Crippen molar-refractivity contribution in [3.8, 4) is 50.4 Å². The molecule has 0 fully saturated rings. The fourth-order valence-corrected chi connectivity index (χ4v) is 10.2. The van der Waals surface area contributed by atoms with E-state index in [1.165, 1.54) is 98.8 Å². The summed E-state index contributed by atoms with van der Waals surface area (Å²) < 4.78 is 7.23. The molecule has 10 aromatic carbocycles. The van der Waals surface area contributed by atoms with Crippen molar-refractivity contribution in [2.75, 3.05) is 0 Å². The SMILES string of the molecule is c1ccc(-c2ccc(-n3c4ccccc4c4cc(-c5ccccc5-n5c6ccccc6c6cc(-c7ccc(-n8c9ccccc9c9ccccc98)cc7)ccc65)ccc43)cc2)cc1. The minimum absolute atomic E-state index is 1.15. The van der Waals surface area contributed by atoms with Gasteiger partial charge in [-0.25, -0.2) is 0 Å². The van der Waals surface area contributed by atoms with Gasteiger partial charge in [-0.2, -0.15) is 0 Å². The molecular formula is C60H39N3. The van der Waals surface area contributed by atoms with Crippen molar-refractivity contribution in [3.05, 3.63) is 237 Å². The first-order valence-electron chi connectivity index (χ1n) is 21.7. The Morgan fingerprint density at radius 3 is 1.11 bits per heavy atom. The van der Waals surface area contributed by atoms with Crippen LogP contribution in [-0.2, 0) is 0 Å². The fourth-order valence-electron chi connectivity index (χ4n) is 10.2. The van der Waals surface area contributed by atoms with Crippen molar-refractivity contribution in [3.63, 3.8) is 0 Å². The van der Waals surface area contributed by atoms with Gasteiger partial charge < -0.3 is 13.7 Å². The fraction of sp³-hybridized carbons (Fsp3) is 0. The maximum absolute atomic E-state index is 2.46. The number of hydrogen-bond donors (Lipinski definition) is 0. The number of hydrogen-bond acceptors (Lipinski definition) is 0. The zero-order valence-corrected chi connectivity index (χ0v) is 34.4. The van der Waals surface area contributed by atoms with Gasteiger partial charge in [0.15, 0.2) is 0 Å². The Bertz CT molecular complexity index is 3830. The molecule has 0 saturated heterocycles. The Hall–Kier alpha value is -8.40. The van der Waals surface area contributed by atoms with Crippen molar-refractivity contribution < 1.29 is 0 Å². The predicted molar refractivity (Wildman–Crippen MR) is 266 cm³/mol. The number of rotatable bonds is 6. The Balaban J connectivity index is 0.911. The highest BCUT2D eigenvalue weighted by Gasteiger charge is 2.19. The molecule has 0 aliphatic rings. The molecule has 13 aromatic rings. The lowest BCUT2D eigenvalue weighted by molar-refractivity contribution is 1.18. The van der Waals surface area contributed by atoms with Crippen LogP contribution in [0.2, 0.25) is 0 Å². The lowest BCUT2D eigenvalue weighted by atomic mass is 10.0. The molecule has 63 heavy (non-hydrogen) atoms. The highest BCUT2D eigenvalue weighted by Crippen LogP contribution is 2.41. The van der Waals surface area contributed by atoms with E-state index in [0.717, 1.165) is 17.1 Å². The zero-order valence-electron chi connectivity index (χ0n) is 34.4. The van der Waals surface area contributed by atoms with E-state index in [1.54, 1.807) is 0 Å². The Kier molecular flexibility index (Phi) is 7.91. The minimum Gasteiger partial charge on any atom is -0.309 e. The van der Waals surface area contributed by atoms with Crippen molar-refractivity contribution in [1.29, 1.82) is 0 Å². The summed E-state index contributed by atoms with van der Waals surface area (Å²) in [6.45, 7) is 0. The van der Waals surface area contributed by atoms with E-state index in [4.69, 9.17) is 0 Å². The summed E-state index contributed by atoms with van der Waals surface area (Å²) in [6.07, 6.45) is 0. The quantitative estimate of drug-likeness (QED) is 0.159. The van der Waals surface area contributed by atoms with E-state index in [0.29, 0.717) is 0 Å². The number of benzene rings is 10. The molecule has 0 amide bonds. The molecule has 0 atom stereocenters. The van der Waals surface area contributed by atoms with Crippen LogP contribution in [0.3, 0.4) is 0 Å². The van der Waals surface area contributed by atoms with Gasteiger partial charge in [-0.05, 0) is 107 Å². The smallest absolute Gasteiger partial charge is 0.0541 e. The van der Waals surface area contributed by atoms with Crippen LogP contribution in [0.15, 0.2) is 237 Å². The van der Waals surface area contributed by atoms with E-state index < -0.39 is 0 Å². The highest BCUT2D eigenvalue weighted by atomic mass is 15.0. The van der Waals surface area contributed by atoms with Crippen LogP contribution >= 0.6 is 0 Å². The summed E-state index contributed by atoms with van der Waals surface area (Å²) in [6, 6.07) is 86.4. The maximum Gasteiger partial charge on any atom is 0.0541 e. The zero-order chi connectivity index (χ0) is 41.4. The monoisotopic (exact) mass is 801 g/mol. The van der Waals surface area contributed by atoms with E-state index in [9.17, 15) is 0 Å². The van der Waals surface area contributed by atoms with Crippen molar-refractivity contribution in [2.24, 2.45) is 0 Å². The molecule has 0 saturated carbocycles. The summed E-state index contributed by atoms with van der Waals surface area (Å²) in [7, 11) is 0. The molecule has 0 N–H and O–H groups in total. The molecular weight excluding hydrogens is 763 g/mol. The van der Waals surface area contributed by atoms with E-state index >= 15 is 0 Å². The van der Waals surface area contributed by atoms with Crippen molar-refractivity contribution in [2.45, 2.75) is 0 Å². The molecule has 0 bridgehead atoms. The second-order valence-electron chi connectivity index (χ2n) is 16.5. The van der Waals surface area contributed by atoms with Gasteiger partial charge in [0.1, 0.15) is 0 Å². The molecule has 0 radical (unpaired) electrons. The normalized spacial score (nSPS) is 11.8. The largest absolute Gasteiger partial charge is 0.309 e. The second kappa shape index (κ2) is 14.1. The molecule has 13 rings (SSSR count). The Morgan fingerprint density at radius 1 is 0.206 bits per heavy atom. The minimum atomic E-state index is 1.15. The van der Waals surface area contributed by atoms with Gasteiger partial charge in [0, 0.05) is 49.3 Å². The van der Waals surface area contributed by atoms with Crippen LogP contribution < -0.4 is 0 Å². The molecule has 0 unspecified atom stereocenters. The number of nitrogens with zero attached hydrogens (tertiary/aromatic N) is 3. The maximum atomic E-state index is 2.46. The van der Waals surface area contributed by atoms with E-state index in [-0.39, 0.29) is 0 Å². The van der Waals surface area contributed by atoms with Crippen LogP contribution in [0.5, 0.6) is 0 Å². The van der Waals surface area contributed by atoms with Crippen LogP contribution in [0.1, 0.15) is 0 Å². The second-order valence-corrected chi connectivity index (χ2v) is 16.5. The third-order valence-electron chi connectivity index (χ3n) is 13.1. The molecule has 0 aliphatic carbocycles. The summed E-state index contributed by atoms with van der Waals surface area (Å²) in [5.74, 6) is 0. The number of para-hydroxylation sites is 5. The molecule has 3 heteroatoms. The Labute approximate surface area is 364 Å². The topological polar surface area (TPSA) is 14.8 Å². The van der Waals surface area contributed by atoms with Gasteiger partial charge in [0.05, 0.1) is 38.8 Å². The third-order valence-corrected chi connectivity index (χ3v) is 13.1. The van der Waals surface area contributed by atoms with Gasteiger partial charge in [0.2, 0.25) is 0 Å². The van der Waals surface area contributed by atoms with Gasteiger partial charge in [-0.1, -0.05) is 158 Å². The lowest BCUT2D eigenvalue weighted by Crippen LogP contribution is -1.97. The van der Waals surface area contributed by atoms with Crippen LogP contribution in [0.25, 0.3) is 116 Å². The first-order valence-corrected chi connectivity index (χ1v) is 21.7. The predicted octanol–water partition coefficient (Wildman–Crippen LogP) is 16.0. The first-order chi connectivity index (χ1) is 31.3. The van der Waals surface area contributed by atoms with Gasteiger partial charge in [-0.15, -0.1) is 0 Å². The molecule has 3 aromatic heterocycles. The van der Waals surface area contributed by atoms with E-state index in [2.05, 4.69) is 250 Å². The van der Waals surface area contributed by atoms with Crippen molar-refractivity contribution in [1.82, 2.24) is 13.7 Å². The van der Waals surface area contributed by atoms with Gasteiger partial charge >= 0.3 is 0 Å². The first kappa shape index (κ1) is 35.4. The average molecular weight is 802 g/mol. The molecule has 0 spiro atoms. The Morgan fingerprint density at radius 2 is 0.556 bits per heavy atom. The summed E-state index contributed by atoms with van der Waals surface area (Å²) in [4.78, 5) is 0. The van der Waals surface area contributed by atoms with Gasteiger partial charge in [0.25, 0.3) is 0 Å². The average Bonchev–Trinajstić information content (AvgIpc) is 4.00. The van der Waals surface area contributed by atoms with Crippen LogP contribution in [0, 0.1) is 0 Å². The van der Waals surface area contributed by atoms with Gasteiger partial charge in [-0.3, -0.25) is 0 Å². The van der Waals surface area contributed by atoms with E-state index in [1.807, 2.05) is 0 Å². The summed E-state index contributed by atoms with van der Waals surface area (Å²) >= 11 is 0. The highest BCUT2D eigenvalue weighted by molar-refractivity contribution is 6.13. The summed E-state index contributed by atoms with van der Waals surface area (Å²) in [5, 5.41) is 7.50. The van der Waals surface area contributed by atoms with Crippen LogP contribution in [0.4, 0.5) is 0 Å². The summed E-state index contributed by atoms with van der Waals surface area (Å²) in [5.41, 5.74) is 17.9. The third kappa shape index (κ3) is 5.53. The lowest BCUT2D eigenvalue weighted by Gasteiger charge is -2.15. The van der Waals surface area contributed by atoms with Crippen LogP contribution in [-0.4, -0.2) is 13.7 Å². The molecule has 0 aliphatic heterocycles. The molecule has 294 valence electrons. The molecule has 3 heterocycles. The number of fused-ring (bicyclic) bond motifs is 9. The van der Waals surface area contributed by atoms with Crippen molar-refractivity contribution >= 4 is 65.4 Å². The number of aromatic nitrogens is 3. The standard InChI is InChI=1S/C60H39N3/c1-2-14-40(15-3-1)41-26-32-46(33-27-41)62-57-24-12-7-19-50(57)53-39-44(31-37-59(53)62)47-16-4-9-21-54(47)63-58-25-13-8-20-51(58)52-38-43(30-36-60(52)63)42-28-34-45(35-29-42)61-55-22-10-5-17-48(55)49-18-6-11-23-56(49)61/h1-39H.